The highest BCUT2D eigenvalue weighted by Crippen LogP contribution is 2.69. The van der Waals surface area contributed by atoms with E-state index < -0.39 is 0 Å². The third-order valence-electron chi connectivity index (χ3n) is 11.7. The minimum atomic E-state index is -0.255. The van der Waals surface area contributed by atoms with Crippen molar-refractivity contribution < 1.29 is 38.1 Å². The van der Waals surface area contributed by atoms with Crippen LogP contribution >= 0.6 is 0 Å². The molecule has 0 bridgehead atoms. The van der Waals surface area contributed by atoms with Crippen LogP contribution in [0.2, 0.25) is 0 Å². The summed E-state index contributed by atoms with van der Waals surface area (Å²) in [6.07, 6.45) is 7.68. The lowest BCUT2D eigenvalue weighted by atomic mass is 9.43. The highest BCUT2D eigenvalue weighted by Gasteiger charge is 2.67. The number of hydrogen-bond donors (Lipinski definition) is 0. The number of esters is 4. The fourth-order valence-electron chi connectivity index (χ4n) is 9.99. The number of fused-ring (bicyclic) bond motifs is 5. The third-order valence-corrected chi connectivity index (χ3v) is 11.7. The van der Waals surface area contributed by atoms with Gasteiger partial charge in [-0.25, -0.2) is 0 Å². The number of methoxy groups -OCH3 is 1. The summed E-state index contributed by atoms with van der Waals surface area (Å²) in [4.78, 5) is 48.3. The minimum Gasteiger partial charge on any atom is -0.469 e. The van der Waals surface area contributed by atoms with Gasteiger partial charge in [-0.3, -0.25) is 19.2 Å². The maximum atomic E-state index is 12.5. The molecule has 226 valence electrons. The van der Waals surface area contributed by atoms with Crippen LogP contribution in [0.4, 0.5) is 0 Å². The Morgan fingerprint density at radius 2 is 1.52 bits per heavy atom. The Bertz CT molecular complexity index is 978. The summed E-state index contributed by atoms with van der Waals surface area (Å²) in [5.41, 5.74) is -0.254. The van der Waals surface area contributed by atoms with E-state index in [9.17, 15) is 19.2 Å². The predicted molar refractivity (Wildman–Crippen MR) is 148 cm³/mol. The summed E-state index contributed by atoms with van der Waals surface area (Å²) >= 11 is 0. The summed E-state index contributed by atoms with van der Waals surface area (Å²) in [5.74, 6) is 0.707. The molecule has 4 rings (SSSR count). The van der Waals surface area contributed by atoms with Crippen molar-refractivity contribution in [2.24, 2.45) is 46.3 Å². The molecule has 8 heteroatoms. The summed E-state index contributed by atoms with van der Waals surface area (Å²) < 4.78 is 22.8. The van der Waals surface area contributed by atoms with Crippen molar-refractivity contribution >= 4 is 23.9 Å². The van der Waals surface area contributed by atoms with Gasteiger partial charge in [0.15, 0.2) is 0 Å². The lowest BCUT2D eigenvalue weighted by Gasteiger charge is -2.64. The van der Waals surface area contributed by atoms with Gasteiger partial charge in [-0.05, 0) is 92.8 Å². The largest absolute Gasteiger partial charge is 0.469 e. The van der Waals surface area contributed by atoms with Crippen LogP contribution in [0.3, 0.4) is 0 Å². The van der Waals surface area contributed by atoms with E-state index in [2.05, 4.69) is 20.8 Å². The molecule has 4 aliphatic carbocycles. The van der Waals surface area contributed by atoms with Crippen LogP contribution in [-0.4, -0.2) is 49.3 Å². The lowest BCUT2D eigenvalue weighted by molar-refractivity contribution is -0.224. The first-order valence-electron chi connectivity index (χ1n) is 15.4. The molecule has 8 nitrogen and oxygen atoms in total. The van der Waals surface area contributed by atoms with E-state index in [1.165, 1.54) is 27.9 Å². The average molecular weight is 563 g/mol. The van der Waals surface area contributed by atoms with Gasteiger partial charge in [-0.1, -0.05) is 20.8 Å². The van der Waals surface area contributed by atoms with Gasteiger partial charge in [0.25, 0.3) is 0 Å². The molecule has 4 fully saturated rings. The zero-order chi connectivity index (χ0) is 29.4. The van der Waals surface area contributed by atoms with Crippen molar-refractivity contribution in [3.8, 4) is 0 Å². The van der Waals surface area contributed by atoms with Gasteiger partial charge >= 0.3 is 23.9 Å². The quantitative estimate of drug-likeness (QED) is 0.276. The molecule has 40 heavy (non-hydrogen) atoms. The van der Waals surface area contributed by atoms with E-state index in [0.29, 0.717) is 18.3 Å². The topological polar surface area (TPSA) is 105 Å². The van der Waals surface area contributed by atoms with Crippen LogP contribution in [0.5, 0.6) is 0 Å². The van der Waals surface area contributed by atoms with Crippen molar-refractivity contribution in [2.45, 2.75) is 124 Å². The highest BCUT2D eigenvalue weighted by atomic mass is 16.6. The predicted octanol–water partition coefficient (Wildman–Crippen LogP) is 5.64. The Morgan fingerprint density at radius 3 is 2.15 bits per heavy atom. The molecule has 0 spiro atoms. The highest BCUT2D eigenvalue weighted by molar-refractivity contribution is 5.69. The lowest BCUT2D eigenvalue weighted by Crippen LogP contribution is -2.63. The molecule has 6 unspecified atom stereocenters. The van der Waals surface area contributed by atoms with Crippen molar-refractivity contribution in [1.82, 2.24) is 0 Å². The second-order valence-corrected chi connectivity index (χ2v) is 13.7. The maximum Gasteiger partial charge on any atom is 0.305 e. The summed E-state index contributed by atoms with van der Waals surface area (Å²) in [6.45, 7) is 11.4. The summed E-state index contributed by atoms with van der Waals surface area (Å²) in [7, 11) is 1.42. The van der Waals surface area contributed by atoms with E-state index in [4.69, 9.17) is 18.9 Å². The van der Waals surface area contributed by atoms with E-state index in [1.807, 2.05) is 0 Å². The van der Waals surface area contributed by atoms with Crippen molar-refractivity contribution in [2.75, 3.05) is 7.11 Å². The third kappa shape index (κ3) is 5.78. The van der Waals surface area contributed by atoms with Gasteiger partial charge < -0.3 is 18.9 Å². The number of rotatable bonds is 8. The molecule has 0 N–H and O–H groups in total. The smallest absolute Gasteiger partial charge is 0.305 e. The first-order valence-corrected chi connectivity index (χ1v) is 15.4. The number of carbonyl (C=O) groups excluding carboxylic acids is 4. The fourth-order valence-corrected chi connectivity index (χ4v) is 9.99. The normalized spacial score (nSPS) is 41.0. The van der Waals surface area contributed by atoms with Crippen LogP contribution in [-0.2, 0) is 38.1 Å². The van der Waals surface area contributed by atoms with Gasteiger partial charge in [-0.2, -0.15) is 0 Å². The molecule has 0 aromatic heterocycles. The first-order chi connectivity index (χ1) is 18.8. The standard InChI is InChI=1S/C32H50O8/c1-18(9-8-10-29(36)37-7)24-11-12-25-30-26(17-28(32(24,25)6)40-21(4)35)31(5)14-13-23(38-19(2)33)15-22(31)16-27(30)39-20(3)34/h18,22-28,30H,8-17H2,1-7H3/t18-,22?,23-,24?,25?,26?,27?,28+,30?,31+,32-/m1/s1. The molecule has 11 atom stereocenters. The second-order valence-electron chi connectivity index (χ2n) is 13.7. The van der Waals surface area contributed by atoms with E-state index in [-0.39, 0.29) is 76.7 Å². The second kappa shape index (κ2) is 12.0. The molecule has 0 saturated heterocycles. The minimum absolute atomic E-state index is 0.0120. The van der Waals surface area contributed by atoms with Crippen LogP contribution in [0.25, 0.3) is 0 Å². The van der Waals surface area contributed by atoms with Crippen molar-refractivity contribution in [3.63, 3.8) is 0 Å². The van der Waals surface area contributed by atoms with Gasteiger partial charge in [0.1, 0.15) is 18.3 Å². The monoisotopic (exact) mass is 562 g/mol. The molecule has 0 radical (unpaired) electrons. The fraction of sp³-hybridized carbons (Fsp3) is 0.875. The van der Waals surface area contributed by atoms with Crippen LogP contribution in [0.15, 0.2) is 0 Å². The molecule has 4 aliphatic rings. The van der Waals surface area contributed by atoms with Crippen LogP contribution < -0.4 is 0 Å². The molecule has 0 heterocycles. The molecule has 0 aromatic rings. The van der Waals surface area contributed by atoms with Gasteiger partial charge in [0, 0.05) is 38.5 Å². The summed E-state index contributed by atoms with van der Waals surface area (Å²) in [6, 6.07) is 0. The average Bonchev–Trinajstić information content (AvgIpc) is 3.22. The Kier molecular flexibility index (Phi) is 9.26. The van der Waals surface area contributed by atoms with Crippen LogP contribution in [0.1, 0.15) is 106 Å². The molecular formula is C32H50O8. The Hall–Kier alpha value is -2.12. The Labute approximate surface area is 239 Å². The van der Waals surface area contributed by atoms with Gasteiger partial charge in [0.05, 0.1) is 7.11 Å². The van der Waals surface area contributed by atoms with Gasteiger partial charge in [0.2, 0.25) is 0 Å². The summed E-state index contributed by atoms with van der Waals surface area (Å²) in [5, 5.41) is 0. The van der Waals surface area contributed by atoms with Crippen LogP contribution in [0, 0.1) is 46.3 Å². The molecule has 0 aromatic carbocycles. The molecule has 4 saturated carbocycles. The van der Waals surface area contributed by atoms with Crippen molar-refractivity contribution in [3.05, 3.63) is 0 Å². The van der Waals surface area contributed by atoms with Crippen molar-refractivity contribution in [1.29, 1.82) is 0 Å². The Morgan fingerprint density at radius 1 is 0.850 bits per heavy atom. The number of carbonyl (C=O) groups is 4. The SMILES string of the molecule is COC(=O)CCC[C@@H](C)C1CCC2C3C(OC(C)=O)CC4C[C@H](OC(C)=O)CC[C@]4(C)C3C[C@H](OC(C)=O)[C@@]21C. The molecule has 0 aliphatic heterocycles. The zero-order valence-electron chi connectivity index (χ0n) is 25.5. The molecule has 0 amide bonds. The molecular weight excluding hydrogens is 512 g/mol. The Balaban J connectivity index is 1.66. The first kappa shape index (κ1) is 30.8. The zero-order valence-corrected chi connectivity index (χ0v) is 25.5. The van der Waals surface area contributed by atoms with Gasteiger partial charge in [-0.15, -0.1) is 0 Å². The van der Waals surface area contributed by atoms with E-state index in [1.54, 1.807) is 0 Å². The number of hydrogen-bond acceptors (Lipinski definition) is 8. The maximum absolute atomic E-state index is 12.5. The van der Waals surface area contributed by atoms with E-state index in [0.717, 1.165) is 57.8 Å². The van der Waals surface area contributed by atoms with E-state index >= 15 is 0 Å². The number of ether oxygens (including phenoxy) is 4.